The van der Waals surface area contributed by atoms with Gasteiger partial charge < -0.3 is 30.4 Å². The largest absolute Gasteiger partial charge is 0.460 e. The van der Waals surface area contributed by atoms with Crippen LogP contribution in [-0.2, 0) is 25.7 Å². The number of aliphatic hydroxyl groups excluding tert-OH is 1. The van der Waals surface area contributed by atoms with Gasteiger partial charge in [0.2, 0.25) is 11.8 Å². The lowest BCUT2D eigenvalue weighted by molar-refractivity contribution is -0.155. The van der Waals surface area contributed by atoms with E-state index in [0.717, 1.165) is 23.8 Å². The van der Waals surface area contributed by atoms with Crippen molar-refractivity contribution in [2.75, 3.05) is 19.7 Å². The van der Waals surface area contributed by atoms with E-state index in [1.807, 2.05) is 55.7 Å². The van der Waals surface area contributed by atoms with Gasteiger partial charge >= 0.3 is 5.97 Å². The molecule has 2 atom stereocenters. The Labute approximate surface area is 276 Å². The Hall–Kier alpha value is -4.09. The summed E-state index contributed by atoms with van der Waals surface area (Å²) in [6.07, 6.45) is 2.34. The molecule has 4 N–H and O–H groups in total. The molecule has 0 saturated heterocycles. The predicted molar refractivity (Wildman–Crippen MR) is 177 cm³/mol. The van der Waals surface area contributed by atoms with Crippen LogP contribution in [0.15, 0.2) is 60.8 Å². The molecule has 1 heterocycles. The third-order valence-electron chi connectivity index (χ3n) is 7.53. The fraction of sp³-hybridized carbons (Fsp3) is 0.472. The molecule has 0 aliphatic carbocycles. The van der Waals surface area contributed by atoms with Crippen molar-refractivity contribution in [2.24, 2.45) is 11.1 Å². The summed E-state index contributed by atoms with van der Waals surface area (Å²) in [6.45, 7) is 11.0. The normalized spacial score (nSPS) is 13.1. The Balaban J connectivity index is 1.88. The average molecular weight is 655 g/mol. The van der Waals surface area contributed by atoms with E-state index in [0.29, 0.717) is 24.2 Å². The van der Waals surface area contributed by atoms with Crippen LogP contribution in [0, 0.1) is 17.0 Å². The molecular weight excluding hydrogens is 606 g/mol. The molecule has 47 heavy (non-hydrogen) atoms. The maximum atomic E-state index is 15.0. The van der Waals surface area contributed by atoms with Gasteiger partial charge in [0.15, 0.2) is 0 Å². The number of halogens is 2. The lowest BCUT2D eigenvalue weighted by atomic mass is 9.82. The third kappa shape index (κ3) is 11.0. The first-order valence-corrected chi connectivity index (χ1v) is 15.8. The monoisotopic (exact) mass is 654 g/mol. The van der Waals surface area contributed by atoms with E-state index < -0.39 is 53.2 Å². The number of nitrogens with one attached hydrogen (secondary N) is 1. The van der Waals surface area contributed by atoms with Gasteiger partial charge in [0.05, 0.1) is 12.1 Å². The number of nitrogens with zero attached hydrogens (tertiary/aromatic N) is 2. The highest BCUT2D eigenvalue weighted by atomic mass is 19.1. The number of amides is 2. The Morgan fingerprint density at radius 1 is 1.02 bits per heavy atom. The molecular formula is C36H48F2N4O5. The smallest absolute Gasteiger partial charge is 0.306 e. The van der Waals surface area contributed by atoms with E-state index in [2.05, 4.69) is 5.32 Å². The van der Waals surface area contributed by atoms with E-state index >= 15 is 0 Å². The minimum absolute atomic E-state index is 0.0357. The van der Waals surface area contributed by atoms with Gasteiger partial charge in [-0.2, -0.15) is 0 Å². The van der Waals surface area contributed by atoms with Crippen molar-refractivity contribution < 1.29 is 33.0 Å². The third-order valence-corrected chi connectivity index (χ3v) is 7.53. The van der Waals surface area contributed by atoms with E-state index in [4.69, 9.17) is 10.5 Å². The molecule has 0 unspecified atom stereocenters. The van der Waals surface area contributed by atoms with Crippen molar-refractivity contribution >= 4 is 17.8 Å². The summed E-state index contributed by atoms with van der Waals surface area (Å²) in [4.78, 5) is 39.6. The number of benzene rings is 2. The Morgan fingerprint density at radius 3 is 2.32 bits per heavy atom. The van der Waals surface area contributed by atoms with Crippen LogP contribution in [0.2, 0.25) is 0 Å². The molecule has 0 saturated carbocycles. The van der Waals surface area contributed by atoms with Gasteiger partial charge in [-0.05, 0) is 68.9 Å². The molecule has 0 fully saturated rings. The molecule has 0 aliphatic rings. The molecule has 3 rings (SSSR count). The minimum Gasteiger partial charge on any atom is -0.460 e. The number of carbonyl (C=O) groups is 3. The van der Waals surface area contributed by atoms with Crippen LogP contribution in [-0.4, -0.2) is 63.7 Å². The second kappa shape index (κ2) is 16.1. The summed E-state index contributed by atoms with van der Waals surface area (Å²) in [6, 6.07) is 13.0. The fourth-order valence-corrected chi connectivity index (χ4v) is 5.48. The zero-order chi connectivity index (χ0) is 34.9. The van der Waals surface area contributed by atoms with Gasteiger partial charge in [0.25, 0.3) is 0 Å². The van der Waals surface area contributed by atoms with Crippen LogP contribution in [0.4, 0.5) is 8.78 Å². The quantitative estimate of drug-likeness (QED) is 0.159. The molecule has 0 radical (unpaired) electrons. The SMILES string of the molecule is CC(C)(C)OC(=O)CCCNC(=O)[C@@H](N)CCN(C(=O)CO)[C@@H](c1cc(-c2cc(F)ccc2F)cn1Cc1ccccc1)C(C)(C)C. The zero-order valence-electron chi connectivity index (χ0n) is 28.2. The minimum atomic E-state index is -0.973. The van der Waals surface area contributed by atoms with Crippen molar-refractivity contribution in [1.82, 2.24) is 14.8 Å². The number of esters is 1. The van der Waals surface area contributed by atoms with E-state index in [-0.39, 0.29) is 37.5 Å². The van der Waals surface area contributed by atoms with Crippen LogP contribution in [0.25, 0.3) is 11.1 Å². The maximum absolute atomic E-state index is 15.0. The summed E-state index contributed by atoms with van der Waals surface area (Å²) in [5.41, 5.74) is 7.14. The van der Waals surface area contributed by atoms with Crippen molar-refractivity contribution in [3.05, 3.63) is 83.7 Å². The molecule has 1 aromatic heterocycles. The number of aromatic nitrogens is 1. The number of aliphatic hydroxyl groups is 1. The van der Waals surface area contributed by atoms with Gasteiger partial charge in [-0.15, -0.1) is 0 Å². The highest BCUT2D eigenvalue weighted by molar-refractivity contribution is 5.82. The summed E-state index contributed by atoms with van der Waals surface area (Å²) in [5.74, 6) is -2.54. The Bertz CT molecular complexity index is 1510. The molecule has 256 valence electrons. The predicted octanol–water partition coefficient (Wildman–Crippen LogP) is 5.35. The van der Waals surface area contributed by atoms with Gasteiger partial charge in [-0.25, -0.2) is 8.78 Å². The molecule has 11 heteroatoms. The topological polar surface area (TPSA) is 127 Å². The van der Waals surface area contributed by atoms with Crippen molar-refractivity contribution in [3.8, 4) is 11.1 Å². The average Bonchev–Trinajstić information content (AvgIpc) is 3.39. The highest BCUT2D eigenvalue weighted by Crippen LogP contribution is 2.41. The lowest BCUT2D eigenvalue weighted by Crippen LogP contribution is -2.47. The molecule has 0 bridgehead atoms. The maximum Gasteiger partial charge on any atom is 0.306 e. The number of nitrogens with two attached hydrogens (primary N) is 1. The summed E-state index contributed by atoms with van der Waals surface area (Å²) in [7, 11) is 0. The summed E-state index contributed by atoms with van der Waals surface area (Å²) < 4.78 is 36.4. The Morgan fingerprint density at radius 2 is 1.70 bits per heavy atom. The second-order valence-corrected chi connectivity index (χ2v) is 13.8. The van der Waals surface area contributed by atoms with Gasteiger partial charge in [0.1, 0.15) is 23.8 Å². The van der Waals surface area contributed by atoms with Crippen LogP contribution in [0.5, 0.6) is 0 Å². The molecule has 2 aromatic carbocycles. The number of hydrogen-bond acceptors (Lipinski definition) is 6. The molecule has 0 aliphatic heterocycles. The van der Waals surface area contributed by atoms with Crippen LogP contribution >= 0.6 is 0 Å². The van der Waals surface area contributed by atoms with Crippen molar-refractivity contribution in [1.29, 1.82) is 0 Å². The van der Waals surface area contributed by atoms with Gasteiger partial charge in [-0.1, -0.05) is 51.1 Å². The Kier molecular flexibility index (Phi) is 12.8. The number of ether oxygens (including phenoxy) is 1. The van der Waals surface area contributed by atoms with Crippen LogP contribution in [0.3, 0.4) is 0 Å². The fourth-order valence-electron chi connectivity index (χ4n) is 5.48. The summed E-state index contributed by atoms with van der Waals surface area (Å²) in [5, 5.41) is 12.7. The van der Waals surface area contributed by atoms with E-state index in [1.54, 1.807) is 33.0 Å². The molecule has 9 nitrogen and oxygen atoms in total. The first-order valence-electron chi connectivity index (χ1n) is 15.8. The van der Waals surface area contributed by atoms with E-state index in [9.17, 15) is 28.3 Å². The van der Waals surface area contributed by atoms with Crippen molar-refractivity contribution in [3.63, 3.8) is 0 Å². The lowest BCUT2D eigenvalue weighted by Gasteiger charge is -2.41. The standard InChI is InChI=1S/C36H48F2N4O5/c1-35(2,3)33(42(31(44)23-43)18-16-29(39)34(46)40-17-10-13-32(45)47-36(4,5)6)30-19-25(27-20-26(37)14-15-28(27)38)22-41(30)21-24-11-8-7-9-12-24/h7-9,11-12,14-15,19-20,22,29,33,43H,10,13,16-18,21,23,39H2,1-6H3,(H,40,46)/t29-,33-/m0/s1. The first kappa shape index (κ1) is 37.4. The second-order valence-electron chi connectivity index (χ2n) is 13.8. The highest BCUT2D eigenvalue weighted by Gasteiger charge is 2.37. The number of hydrogen-bond donors (Lipinski definition) is 3. The van der Waals surface area contributed by atoms with Gasteiger partial charge in [0, 0.05) is 49.1 Å². The van der Waals surface area contributed by atoms with Gasteiger partial charge in [-0.3, -0.25) is 14.4 Å². The van der Waals surface area contributed by atoms with Crippen molar-refractivity contribution in [2.45, 2.75) is 85.0 Å². The van der Waals surface area contributed by atoms with Crippen LogP contribution < -0.4 is 11.1 Å². The molecule has 3 aromatic rings. The molecule has 0 spiro atoms. The van der Waals surface area contributed by atoms with Crippen LogP contribution in [0.1, 0.15) is 78.1 Å². The van der Waals surface area contributed by atoms with E-state index in [1.165, 1.54) is 4.90 Å². The molecule has 2 amide bonds. The number of carbonyl (C=O) groups excluding carboxylic acids is 3. The zero-order valence-corrected chi connectivity index (χ0v) is 28.2. The summed E-state index contributed by atoms with van der Waals surface area (Å²) >= 11 is 0. The number of rotatable bonds is 14. The first-order chi connectivity index (χ1) is 22.0.